The fourth-order valence-electron chi connectivity index (χ4n) is 4.10. The molecule has 4 nitrogen and oxygen atoms in total. The summed E-state index contributed by atoms with van der Waals surface area (Å²) in [6.07, 6.45) is 10.3. The molecule has 1 aliphatic heterocycles. The quantitative estimate of drug-likeness (QED) is 0.666. The van der Waals surface area contributed by atoms with Crippen LogP contribution in [0, 0.1) is 12.8 Å². The van der Waals surface area contributed by atoms with Gasteiger partial charge >= 0.3 is 6.03 Å². The van der Waals surface area contributed by atoms with Crippen LogP contribution in [-0.2, 0) is 0 Å². The first-order chi connectivity index (χ1) is 13.6. The summed E-state index contributed by atoms with van der Waals surface area (Å²) in [5, 5.41) is 9.20. The number of amides is 2. The van der Waals surface area contributed by atoms with Gasteiger partial charge in [-0.25, -0.2) is 9.80 Å². The third-order valence-electron chi connectivity index (χ3n) is 5.72. The van der Waals surface area contributed by atoms with E-state index >= 15 is 0 Å². The molecule has 0 bridgehead atoms. The molecule has 2 aromatic carbocycles. The largest absolute Gasteiger partial charge is 0.342 e. The topological polar surface area (TPSA) is 44.7 Å². The van der Waals surface area contributed by atoms with Crippen LogP contribution >= 0.6 is 0 Å². The van der Waals surface area contributed by atoms with E-state index in [0.29, 0.717) is 5.92 Å². The van der Waals surface area contributed by atoms with Gasteiger partial charge in [0, 0.05) is 18.5 Å². The van der Waals surface area contributed by atoms with Crippen LogP contribution < -0.4 is 5.32 Å². The highest BCUT2D eigenvalue weighted by Gasteiger charge is 2.27. The number of anilines is 1. The van der Waals surface area contributed by atoms with Gasteiger partial charge in [0.15, 0.2) is 0 Å². The molecule has 1 fully saturated rings. The Hall–Kier alpha value is -2.88. The van der Waals surface area contributed by atoms with E-state index in [1.54, 1.807) is 7.05 Å². The van der Waals surface area contributed by atoms with Crippen molar-refractivity contribution in [3.63, 3.8) is 0 Å². The molecule has 2 aliphatic rings. The molecule has 1 saturated carbocycles. The number of benzene rings is 2. The number of nitrogens with one attached hydrogen (secondary N) is 1. The molecule has 144 valence electrons. The van der Waals surface area contributed by atoms with Gasteiger partial charge < -0.3 is 5.32 Å². The van der Waals surface area contributed by atoms with Crippen LogP contribution in [0.5, 0.6) is 0 Å². The van der Waals surface area contributed by atoms with Gasteiger partial charge in [0.25, 0.3) is 0 Å². The smallest absolute Gasteiger partial charge is 0.306 e. The maximum absolute atomic E-state index is 12.4. The normalized spacial score (nSPS) is 17.9. The highest BCUT2D eigenvalue weighted by atomic mass is 16.2. The highest BCUT2D eigenvalue weighted by molar-refractivity contribution is 6.11. The third kappa shape index (κ3) is 3.86. The van der Waals surface area contributed by atoms with Crippen molar-refractivity contribution in [3.05, 3.63) is 64.7 Å². The van der Waals surface area contributed by atoms with Crippen molar-refractivity contribution in [2.24, 2.45) is 11.0 Å². The molecule has 0 unspecified atom stereocenters. The maximum atomic E-state index is 12.4. The predicted molar refractivity (Wildman–Crippen MR) is 116 cm³/mol. The molecule has 0 atom stereocenters. The minimum atomic E-state index is -0.181. The van der Waals surface area contributed by atoms with Crippen LogP contribution in [0.3, 0.4) is 0 Å². The first kappa shape index (κ1) is 18.5. The first-order valence-corrected chi connectivity index (χ1v) is 10.1. The second-order valence-electron chi connectivity index (χ2n) is 7.77. The van der Waals surface area contributed by atoms with E-state index in [0.717, 1.165) is 40.9 Å². The minimum Gasteiger partial charge on any atom is -0.306 e. The van der Waals surface area contributed by atoms with Gasteiger partial charge in [0.2, 0.25) is 0 Å². The Balaban J connectivity index is 1.76. The van der Waals surface area contributed by atoms with E-state index in [4.69, 9.17) is 5.10 Å². The Morgan fingerprint density at radius 3 is 2.57 bits per heavy atom. The second kappa shape index (κ2) is 8.01. The molecule has 2 aromatic rings. The van der Waals surface area contributed by atoms with Gasteiger partial charge in [-0.15, -0.1) is 0 Å². The van der Waals surface area contributed by atoms with E-state index in [2.05, 4.69) is 48.7 Å². The fraction of sp³-hybridized carbons (Fsp3) is 0.333. The number of hydrazone groups is 1. The molecule has 1 N–H and O–H groups in total. The van der Waals surface area contributed by atoms with Crippen LogP contribution in [0.25, 0.3) is 12.2 Å². The second-order valence-corrected chi connectivity index (χ2v) is 7.77. The van der Waals surface area contributed by atoms with Crippen molar-refractivity contribution in [3.8, 4) is 0 Å². The van der Waals surface area contributed by atoms with Gasteiger partial charge in [-0.2, -0.15) is 5.10 Å². The molecule has 4 rings (SSSR count). The molecule has 0 spiro atoms. The van der Waals surface area contributed by atoms with Gasteiger partial charge in [-0.05, 0) is 48.6 Å². The van der Waals surface area contributed by atoms with Gasteiger partial charge in [0.05, 0.1) is 11.4 Å². The lowest BCUT2D eigenvalue weighted by Gasteiger charge is -2.24. The Bertz CT molecular complexity index is 924. The van der Waals surface area contributed by atoms with Gasteiger partial charge in [0.1, 0.15) is 0 Å². The minimum absolute atomic E-state index is 0.181. The number of urea groups is 1. The number of hydrogen-bond acceptors (Lipinski definition) is 2. The van der Waals surface area contributed by atoms with E-state index in [-0.39, 0.29) is 6.03 Å². The molecule has 0 saturated heterocycles. The molecule has 1 heterocycles. The number of nitrogens with zero attached hydrogens (tertiary/aromatic N) is 2. The molecule has 0 aromatic heterocycles. The van der Waals surface area contributed by atoms with Gasteiger partial charge in [-0.3, -0.25) is 0 Å². The number of aryl methyl sites for hydroxylation is 1. The van der Waals surface area contributed by atoms with Crippen LogP contribution in [0.4, 0.5) is 10.5 Å². The SMILES string of the molecule is Cc1cc2c(cc1C=Cc1ccccc1)C(C1CCCCC1)=NN(C)C(=O)N2. The third-order valence-corrected chi connectivity index (χ3v) is 5.72. The number of carbonyl (C=O) groups excluding carboxylic acids is 1. The summed E-state index contributed by atoms with van der Waals surface area (Å²) in [7, 11) is 1.73. The lowest BCUT2D eigenvalue weighted by Crippen LogP contribution is -2.26. The van der Waals surface area contributed by atoms with Crippen molar-refractivity contribution >= 4 is 29.6 Å². The van der Waals surface area contributed by atoms with Gasteiger partial charge in [-0.1, -0.05) is 61.7 Å². The van der Waals surface area contributed by atoms with Crippen molar-refractivity contribution in [2.45, 2.75) is 39.0 Å². The first-order valence-electron chi connectivity index (χ1n) is 10.1. The Labute approximate surface area is 167 Å². The molecule has 0 radical (unpaired) electrons. The molecule has 1 aliphatic carbocycles. The standard InChI is InChI=1S/C24H27N3O/c1-17-15-22-21(16-20(17)14-13-18-9-5-3-6-10-18)23(19-11-7-4-8-12-19)26-27(2)24(28)25-22/h3,5-6,9-10,13-16,19H,4,7-8,11-12H2,1-2H3,(H,25,28). The fourth-order valence-corrected chi connectivity index (χ4v) is 4.10. The zero-order valence-corrected chi connectivity index (χ0v) is 16.6. The molecular weight excluding hydrogens is 346 g/mol. The van der Waals surface area contributed by atoms with Crippen LogP contribution in [0.15, 0.2) is 47.6 Å². The number of carbonyl (C=O) groups is 1. The van der Waals surface area contributed by atoms with Crippen LogP contribution in [0.2, 0.25) is 0 Å². The predicted octanol–water partition coefficient (Wildman–Crippen LogP) is 5.93. The molecule has 28 heavy (non-hydrogen) atoms. The van der Waals surface area contributed by atoms with Crippen molar-refractivity contribution in [2.75, 3.05) is 12.4 Å². The number of hydrogen-bond donors (Lipinski definition) is 1. The molecule has 2 amide bonds. The van der Waals surface area contributed by atoms with E-state index in [9.17, 15) is 4.79 Å². The number of rotatable bonds is 3. The van der Waals surface area contributed by atoms with E-state index in [1.807, 2.05) is 18.2 Å². The summed E-state index contributed by atoms with van der Waals surface area (Å²) in [4.78, 5) is 12.4. The highest BCUT2D eigenvalue weighted by Crippen LogP contribution is 2.33. The van der Waals surface area contributed by atoms with Crippen molar-refractivity contribution < 1.29 is 4.79 Å². The summed E-state index contributed by atoms with van der Waals surface area (Å²) < 4.78 is 0. The summed E-state index contributed by atoms with van der Waals surface area (Å²) in [5.74, 6) is 0.413. The lowest BCUT2D eigenvalue weighted by molar-refractivity contribution is 0.224. The Morgan fingerprint density at radius 2 is 1.82 bits per heavy atom. The Kier molecular flexibility index (Phi) is 5.29. The Morgan fingerprint density at radius 1 is 1.07 bits per heavy atom. The maximum Gasteiger partial charge on any atom is 0.342 e. The average molecular weight is 374 g/mol. The number of fused-ring (bicyclic) bond motifs is 1. The van der Waals surface area contributed by atoms with Crippen LogP contribution in [-0.4, -0.2) is 23.8 Å². The van der Waals surface area contributed by atoms with Crippen molar-refractivity contribution in [1.29, 1.82) is 0 Å². The zero-order valence-electron chi connectivity index (χ0n) is 16.6. The zero-order chi connectivity index (χ0) is 19.5. The summed E-state index contributed by atoms with van der Waals surface area (Å²) in [6.45, 7) is 2.09. The summed E-state index contributed by atoms with van der Waals surface area (Å²) in [5.41, 5.74) is 6.44. The van der Waals surface area contributed by atoms with Crippen LogP contribution in [0.1, 0.15) is 54.4 Å². The van der Waals surface area contributed by atoms with Crippen molar-refractivity contribution in [1.82, 2.24) is 5.01 Å². The summed E-state index contributed by atoms with van der Waals surface area (Å²) in [6, 6.07) is 14.4. The average Bonchev–Trinajstić information content (AvgIpc) is 2.84. The van der Waals surface area contributed by atoms with E-state index < -0.39 is 0 Å². The molecular formula is C24H27N3O. The van der Waals surface area contributed by atoms with E-state index in [1.165, 1.54) is 29.8 Å². The molecule has 4 heteroatoms. The monoisotopic (exact) mass is 373 g/mol. The summed E-state index contributed by atoms with van der Waals surface area (Å²) >= 11 is 0. The lowest BCUT2D eigenvalue weighted by atomic mass is 9.82.